The van der Waals surface area contributed by atoms with Gasteiger partial charge in [-0.15, -0.1) is 0 Å². The molecule has 0 aromatic heterocycles. The van der Waals surface area contributed by atoms with Crippen LogP contribution in [0.1, 0.15) is 37.0 Å². The maximum Gasteiger partial charge on any atom is 0.500 e. The Morgan fingerprint density at radius 3 is 1.69 bits per heavy atom. The molecule has 150 valence electrons. The average molecular weight is 404 g/mol. The van der Waals surface area contributed by atoms with Crippen LogP contribution in [-0.2, 0) is 32.1 Å². The number of halogens is 6. The van der Waals surface area contributed by atoms with Gasteiger partial charge in [-0.1, -0.05) is 0 Å². The second-order valence-electron chi connectivity index (χ2n) is 6.03. The van der Waals surface area contributed by atoms with Crippen molar-refractivity contribution in [1.82, 2.24) is 0 Å². The van der Waals surface area contributed by atoms with Crippen molar-refractivity contribution in [3.63, 3.8) is 0 Å². The fourth-order valence-electron chi connectivity index (χ4n) is 2.47. The van der Waals surface area contributed by atoms with E-state index >= 15 is 0 Å². The molecular weight excluding hydrogens is 382 g/mol. The SMILES string of the molecule is CO[Si](CCCc1cc(C(F)(F)F)cc(C(F)(F)F)c1)(OC)OC(C)C. The van der Waals surface area contributed by atoms with Crippen LogP contribution in [0.25, 0.3) is 0 Å². The summed E-state index contributed by atoms with van der Waals surface area (Å²) in [6.07, 6.45) is -9.62. The van der Waals surface area contributed by atoms with Gasteiger partial charge in [-0.2, -0.15) is 26.3 Å². The van der Waals surface area contributed by atoms with Crippen LogP contribution in [0.2, 0.25) is 6.04 Å². The summed E-state index contributed by atoms with van der Waals surface area (Å²) in [4.78, 5) is 0. The molecule has 3 nitrogen and oxygen atoms in total. The minimum Gasteiger partial charge on any atom is -0.377 e. The number of hydrogen-bond donors (Lipinski definition) is 0. The van der Waals surface area contributed by atoms with Gasteiger partial charge in [-0.05, 0) is 50.5 Å². The maximum absolute atomic E-state index is 12.9. The van der Waals surface area contributed by atoms with Gasteiger partial charge in [0.15, 0.2) is 0 Å². The molecule has 0 atom stereocenters. The van der Waals surface area contributed by atoms with Gasteiger partial charge in [0.2, 0.25) is 0 Å². The third-order valence-electron chi connectivity index (χ3n) is 3.63. The van der Waals surface area contributed by atoms with Crippen LogP contribution in [0.3, 0.4) is 0 Å². The lowest BCUT2D eigenvalue weighted by Crippen LogP contribution is -2.45. The summed E-state index contributed by atoms with van der Waals surface area (Å²) in [7, 11) is -0.192. The van der Waals surface area contributed by atoms with E-state index in [1.807, 2.05) is 0 Å². The summed E-state index contributed by atoms with van der Waals surface area (Å²) in [5, 5.41) is 0. The monoisotopic (exact) mass is 404 g/mol. The summed E-state index contributed by atoms with van der Waals surface area (Å²) >= 11 is 0. The number of aryl methyl sites for hydroxylation is 1. The van der Waals surface area contributed by atoms with Crippen LogP contribution in [0, 0.1) is 0 Å². The smallest absolute Gasteiger partial charge is 0.377 e. The normalized spacial score (nSPS) is 13.5. The molecule has 0 saturated heterocycles. The molecule has 0 saturated carbocycles. The third-order valence-corrected chi connectivity index (χ3v) is 6.67. The highest BCUT2D eigenvalue weighted by Crippen LogP contribution is 2.36. The van der Waals surface area contributed by atoms with Crippen molar-refractivity contribution in [3.05, 3.63) is 34.9 Å². The second kappa shape index (κ2) is 8.72. The van der Waals surface area contributed by atoms with Gasteiger partial charge in [-0.3, -0.25) is 0 Å². The molecule has 0 heterocycles. The van der Waals surface area contributed by atoms with E-state index in [0.717, 1.165) is 12.1 Å². The Balaban J connectivity index is 2.99. The van der Waals surface area contributed by atoms with Crippen LogP contribution in [0.4, 0.5) is 26.3 Å². The number of alkyl halides is 6. The van der Waals surface area contributed by atoms with Crippen LogP contribution in [-0.4, -0.2) is 29.1 Å². The van der Waals surface area contributed by atoms with Gasteiger partial charge in [0.1, 0.15) is 0 Å². The lowest BCUT2D eigenvalue weighted by Gasteiger charge is -2.28. The summed E-state index contributed by atoms with van der Waals surface area (Å²) < 4.78 is 93.6. The van der Waals surface area contributed by atoms with Gasteiger partial charge in [0.25, 0.3) is 0 Å². The van der Waals surface area contributed by atoms with Crippen LogP contribution in [0.15, 0.2) is 18.2 Å². The van der Waals surface area contributed by atoms with Gasteiger partial charge in [-0.25, -0.2) is 0 Å². The predicted molar refractivity (Wildman–Crippen MR) is 85.6 cm³/mol. The topological polar surface area (TPSA) is 27.7 Å². The van der Waals surface area contributed by atoms with E-state index < -0.39 is 32.3 Å². The van der Waals surface area contributed by atoms with Crippen molar-refractivity contribution in [2.24, 2.45) is 0 Å². The molecule has 0 aliphatic rings. The van der Waals surface area contributed by atoms with E-state index in [1.54, 1.807) is 13.8 Å². The van der Waals surface area contributed by atoms with Crippen molar-refractivity contribution in [2.75, 3.05) is 14.2 Å². The molecule has 0 N–H and O–H groups in total. The van der Waals surface area contributed by atoms with Crippen LogP contribution >= 0.6 is 0 Å². The molecule has 0 aliphatic carbocycles. The van der Waals surface area contributed by atoms with Crippen LogP contribution in [0.5, 0.6) is 0 Å². The zero-order chi connectivity index (χ0) is 20.2. The Labute approximate surface area is 149 Å². The third kappa shape index (κ3) is 6.56. The molecule has 0 amide bonds. The summed E-state index contributed by atoms with van der Waals surface area (Å²) in [6, 6.07) is 1.87. The van der Waals surface area contributed by atoms with Gasteiger partial charge >= 0.3 is 21.2 Å². The van der Waals surface area contributed by atoms with E-state index in [2.05, 4.69) is 0 Å². The van der Waals surface area contributed by atoms with Crippen molar-refractivity contribution in [1.29, 1.82) is 0 Å². The minimum atomic E-state index is -4.85. The molecule has 0 spiro atoms. The van der Waals surface area contributed by atoms with Gasteiger partial charge in [0, 0.05) is 26.4 Å². The Morgan fingerprint density at radius 1 is 0.885 bits per heavy atom. The van der Waals surface area contributed by atoms with E-state index in [9.17, 15) is 26.3 Å². The molecule has 0 unspecified atom stereocenters. The lowest BCUT2D eigenvalue weighted by molar-refractivity contribution is -0.143. The zero-order valence-corrected chi connectivity index (χ0v) is 15.9. The Kier molecular flexibility index (Phi) is 7.70. The van der Waals surface area contributed by atoms with E-state index in [4.69, 9.17) is 13.3 Å². The number of benzene rings is 1. The second-order valence-corrected chi connectivity index (χ2v) is 8.94. The first-order valence-electron chi connectivity index (χ1n) is 7.89. The van der Waals surface area contributed by atoms with E-state index in [0.29, 0.717) is 0 Å². The Bertz CT molecular complexity index is 550. The van der Waals surface area contributed by atoms with Gasteiger partial charge < -0.3 is 13.3 Å². The first-order valence-corrected chi connectivity index (χ1v) is 9.82. The average Bonchev–Trinajstić information content (AvgIpc) is 2.51. The molecule has 10 heteroatoms. The molecule has 0 radical (unpaired) electrons. The van der Waals surface area contributed by atoms with Crippen molar-refractivity contribution in [3.8, 4) is 0 Å². The van der Waals surface area contributed by atoms with Crippen LogP contribution < -0.4 is 0 Å². The fraction of sp³-hybridized carbons (Fsp3) is 0.625. The molecule has 1 rings (SSSR count). The molecule has 0 aliphatic heterocycles. The zero-order valence-electron chi connectivity index (χ0n) is 14.9. The molecule has 1 aromatic rings. The van der Waals surface area contributed by atoms with E-state index in [1.165, 1.54) is 14.2 Å². The fourth-order valence-corrected chi connectivity index (χ4v) is 4.69. The van der Waals surface area contributed by atoms with Crippen molar-refractivity contribution in [2.45, 2.75) is 51.2 Å². The van der Waals surface area contributed by atoms with Gasteiger partial charge in [0.05, 0.1) is 11.1 Å². The predicted octanol–water partition coefficient (Wildman–Crippen LogP) is 5.31. The largest absolute Gasteiger partial charge is 0.500 e. The van der Waals surface area contributed by atoms with Crippen molar-refractivity contribution < 1.29 is 39.6 Å². The van der Waals surface area contributed by atoms with Crippen molar-refractivity contribution >= 4 is 8.80 Å². The molecule has 1 aromatic carbocycles. The molecule has 0 bridgehead atoms. The summed E-state index contributed by atoms with van der Waals surface area (Å²) in [6.45, 7) is 3.56. The highest BCUT2D eigenvalue weighted by atomic mass is 28.4. The molecular formula is C16H22F6O3Si. The minimum absolute atomic E-state index is 0.00985. The highest BCUT2D eigenvalue weighted by Gasteiger charge is 2.40. The first kappa shape index (κ1) is 22.9. The first-order chi connectivity index (χ1) is 11.8. The molecule has 0 fully saturated rings. The van der Waals surface area contributed by atoms with E-state index in [-0.39, 0.29) is 36.6 Å². The standard InChI is InChI=1S/C16H22F6O3Si/c1-11(2)25-26(23-3,24-4)7-5-6-12-8-13(15(17,18)19)10-14(9-12)16(20,21)22/h8-11H,5-7H2,1-4H3. The number of hydrogen-bond acceptors (Lipinski definition) is 3. The lowest BCUT2D eigenvalue weighted by atomic mass is 10.0. The maximum atomic E-state index is 12.9. The summed E-state index contributed by atoms with van der Waals surface area (Å²) in [5.41, 5.74) is -2.68. The highest BCUT2D eigenvalue weighted by molar-refractivity contribution is 6.60. The Hall–Kier alpha value is -1.10. The molecule has 26 heavy (non-hydrogen) atoms. The quantitative estimate of drug-likeness (QED) is 0.434. The Morgan fingerprint density at radius 2 is 1.35 bits per heavy atom. The summed E-state index contributed by atoms with van der Waals surface area (Å²) in [5.74, 6) is 0. The number of rotatable bonds is 8.